The van der Waals surface area contributed by atoms with Crippen molar-refractivity contribution in [1.29, 1.82) is 0 Å². The predicted molar refractivity (Wildman–Crippen MR) is 81.9 cm³/mol. The number of anilines is 1. The molecule has 104 valence electrons. The SMILES string of the molecule is CCN(CC)c1cccc(Oc2ccc(C=O)cc2)c1. The van der Waals surface area contributed by atoms with Gasteiger partial charge in [0.2, 0.25) is 0 Å². The third-order valence-electron chi connectivity index (χ3n) is 3.20. The summed E-state index contributed by atoms with van der Waals surface area (Å²) in [5, 5.41) is 0. The van der Waals surface area contributed by atoms with Gasteiger partial charge in [0.05, 0.1) is 0 Å². The molecule has 0 unspecified atom stereocenters. The van der Waals surface area contributed by atoms with Gasteiger partial charge in [-0.25, -0.2) is 0 Å². The Morgan fingerprint density at radius 3 is 2.30 bits per heavy atom. The van der Waals surface area contributed by atoms with Gasteiger partial charge in [-0.15, -0.1) is 0 Å². The van der Waals surface area contributed by atoms with Gasteiger partial charge in [-0.05, 0) is 50.2 Å². The number of hydrogen-bond acceptors (Lipinski definition) is 3. The first kappa shape index (κ1) is 14.1. The highest BCUT2D eigenvalue weighted by atomic mass is 16.5. The molecule has 0 aromatic heterocycles. The van der Waals surface area contributed by atoms with Crippen LogP contribution in [0.4, 0.5) is 5.69 Å². The number of nitrogens with zero attached hydrogens (tertiary/aromatic N) is 1. The van der Waals surface area contributed by atoms with Gasteiger partial charge in [0.25, 0.3) is 0 Å². The standard InChI is InChI=1S/C17H19NO2/c1-3-18(4-2)15-6-5-7-17(12-15)20-16-10-8-14(13-19)9-11-16/h5-13H,3-4H2,1-2H3. The molecule has 0 heterocycles. The molecule has 0 bridgehead atoms. The molecule has 0 saturated carbocycles. The van der Waals surface area contributed by atoms with Gasteiger partial charge in [0.1, 0.15) is 17.8 Å². The van der Waals surface area contributed by atoms with Crippen LogP contribution in [-0.2, 0) is 0 Å². The third-order valence-corrected chi connectivity index (χ3v) is 3.20. The molecule has 0 radical (unpaired) electrons. The number of aldehydes is 1. The van der Waals surface area contributed by atoms with Crippen LogP contribution in [0.1, 0.15) is 24.2 Å². The maximum Gasteiger partial charge on any atom is 0.150 e. The normalized spacial score (nSPS) is 10.1. The Labute approximate surface area is 119 Å². The summed E-state index contributed by atoms with van der Waals surface area (Å²) in [6, 6.07) is 15.1. The van der Waals surface area contributed by atoms with Gasteiger partial charge >= 0.3 is 0 Å². The van der Waals surface area contributed by atoms with E-state index in [1.165, 1.54) is 0 Å². The van der Waals surface area contributed by atoms with E-state index >= 15 is 0 Å². The van der Waals surface area contributed by atoms with Crippen LogP contribution in [0.5, 0.6) is 11.5 Å². The summed E-state index contributed by atoms with van der Waals surface area (Å²) < 4.78 is 5.82. The maximum absolute atomic E-state index is 10.6. The topological polar surface area (TPSA) is 29.5 Å². The van der Waals surface area contributed by atoms with Crippen LogP contribution in [0.3, 0.4) is 0 Å². The van der Waals surface area contributed by atoms with Crippen molar-refractivity contribution < 1.29 is 9.53 Å². The Morgan fingerprint density at radius 2 is 1.70 bits per heavy atom. The molecule has 2 aromatic carbocycles. The van der Waals surface area contributed by atoms with Crippen LogP contribution in [-0.4, -0.2) is 19.4 Å². The second kappa shape index (κ2) is 6.75. The Morgan fingerprint density at radius 1 is 1.00 bits per heavy atom. The minimum atomic E-state index is 0.647. The first-order chi connectivity index (χ1) is 9.76. The molecule has 0 spiro atoms. The van der Waals surface area contributed by atoms with Crippen molar-refractivity contribution in [3.8, 4) is 11.5 Å². The lowest BCUT2D eigenvalue weighted by atomic mass is 10.2. The van der Waals surface area contributed by atoms with Gasteiger partial charge in [0, 0.05) is 30.4 Å². The Balaban J connectivity index is 2.16. The van der Waals surface area contributed by atoms with Crippen LogP contribution in [0.15, 0.2) is 48.5 Å². The second-order valence-corrected chi connectivity index (χ2v) is 4.46. The highest BCUT2D eigenvalue weighted by molar-refractivity contribution is 5.74. The van der Waals surface area contributed by atoms with Gasteiger partial charge in [-0.3, -0.25) is 4.79 Å². The number of hydrogen-bond donors (Lipinski definition) is 0. The van der Waals surface area contributed by atoms with Crippen molar-refractivity contribution in [2.24, 2.45) is 0 Å². The quantitative estimate of drug-likeness (QED) is 0.738. The van der Waals surface area contributed by atoms with E-state index in [1.807, 2.05) is 18.2 Å². The van der Waals surface area contributed by atoms with Crippen molar-refractivity contribution in [2.75, 3.05) is 18.0 Å². The van der Waals surface area contributed by atoms with E-state index in [0.29, 0.717) is 5.56 Å². The minimum Gasteiger partial charge on any atom is -0.457 e. The maximum atomic E-state index is 10.6. The highest BCUT2D eigenvalue weighted by Crippen LogP contribution is 2.26. The largest absolute Gasteiger partial charge is 0.457 e. The summed E-state index contributed by atoms with van der Waals surface area (Å²) in [7, 11) is 0. The third kappa shape index (κ3) is 3.38. The number of carbonyl (C=O) groups excluding carboxylic acids is 1. The van der Waals surface area contributed by atoms with Crippen molar-refractivity contribution >= 4 is 12.0 Å². The number of carbonyl (C=O) groups is 1. The van der Waals surface area contributed by atoms with Crippen LogP contribution in [0.25, 0.3) is 0 Å². The molecule has 0 aliphatic heterocycles. The zero-order chi connectivity index (χ0) is 14.4. The molecule has 0 aliphatic rings. The average Bonchev–Trinajstić information content (AvgIpc) is 2.50. The molecule has 0 N–H and O–H groups in total. The molecule has 0 fully saturated rings. The number of ether oxygens (including phenoxy) is 1. The van der Waals surface area contributed by atoms with E-state index in [9.17, 15) is 4.79 Å². The zero-order valence-corrected chi connectivity index (χ0v) is 11.9. The zero-order valence-electron chi connectivity index (χ0n) is 11.9. The number of rotatable bonds is 6. The average molecular weight is 269 g/mol. The fourth-order valence-electron chi connectivity index (χ4n) is 2.08. The fraction of sp³-hybridized carbons (Fsp3) is 0.235. The summed E-state index contributed by atoms with van der Waals surface area (Å²) in [6.07, 6.45) is 0.824. The van der Waals surface area contributed by atoms with Crippen LogP contribution < -0.4 is 9.64 Å². The van der Waals surface area contributed by atoms with E-state index in [2.05, 4.69) is 24.8 Å². The second-order valence-electron chi connectivity index (χ2n) is 4.46. The molecule has 3 heteroatoms. The van der Waals surface area contributed by atoms with Crippen LogP contribution in [0.2, 0.25) is 0 Å². The monoisotopic (exact) mass is 269 g/mol. The molecule has 0 atom stereocenters. The van der Waals surface area contributed by atoms with E-state index < -0.39 is 0 Å². The van der Waals surface area contributed by atoms with Crippen LogP contribution in [0, 0.1) is 0 Å². The summed E-state index contributed by atoms with van der Waals surface area (Å²) >= 11 is 0. The molecule has 3 nitrogen and oxygen atoms in total. The Kier molecular flexibility index (Phi) is 4.77. The predicted octanol–water partition coefficient (Wildman–Crippen LogP) is 4.14. The first-order valence-electron chi connectivity index (χ1n) is 6.85. The molecule has 2 rings (SSSR count). The smallest absolute Gasteiger partial charge is 0.150 e. The molecule has 0 saturated heterocycles. The fourth-order valence-corrected chi connectivity index (χ4v) is 2.08. The van der Waals surface area contributed by atoms with Crippen molar-refractivity contribution in [1.82, 2.24) is 0 Å². The first-order valence-corrected chi connectivity index (χ1v) is 6.85. The Bertz CT molecular complexity index is 559. The van der Waals surface area contributed by atoms with E-state index in [-0.39, 0.29) is 0 Å². The molecular weight excluding hydrogens is 250 g/mol. The molecule has 0 aliphatic carbocycles. The summed E-state index contributed by atoms with van der Waals surface area (Å²) in [4.78, 5) is 12.9. The summed E-state index contributed by atoms with van der Waals surface area (Å²) in [5.41, 5.74) is 1.80. The molecule has 0 amide bonds. The number of benzene rings is 2. The summed E-state index contributed by atoms with van der Waals surface area (Å²) in [6.45, 7) is 6.20. The van der Waals surface area contributed by atoms with Crippen LogP contribution >= 0.6 is 0 Å². The molecular formula is C17H19NO2. The van der Waals surface area contributed by atoms with Crippen molar-refractivity contribution in [2.45, 2.75) is 13.8 Å². The molecule has 20 heavy (non-hydrogen) atoms. The van der Waals surface area contributed by atoms with Gasteiger partial charge < -0.3 is 9.64 Å². The summed E-state index contributed by atoms with van der Waals surface area (Å²) in [5.74, 6) is 1.53. The minimum absolute atomic E-state index is 0.647. The Hall–Kier alpha value is -2.29. The highest BCUT2D eigenvalue weighted by Gasteiger charge is 2.04. The lowest BCUT2D eigenvalue weighted by molar-refractivity contribution is 0.112. The molecule has 2 aromatic rings. The van der Waals surface area contributed by atoms with Crippen molar-refractivity contribution in [3.05, 3.63) is 54.1 Å². The van der Waals surface area contributed by atoms with Crippen molar-refractivity contribution in [3.63, 3.8) is 0 Å². The lowest BCUT2D eigenvalue weighted by Crippen LogP contribution is -2.21. The van der Waals surface area contributed by atoms with E-state index in [0.717, 1.165) is 36.6 Å². The lowest BCUT2D eigenvalue weighted by Gasteiger charge is -2.21. The van der Waals surface area contributed by atoms with Gasteiger partial charge in [-0.2, -0.15) is 0 Å². The van der Waals surface area contributed by atoms with E-state index in [4.69, 9.17) is 4.74 Å². The van der Waals surface area contributed by atoms with E-state index in [1.54, 1.807) is 24.3 Å². The van der Waals surface area contributed by atoms with Gasteiger partial charge in [0.15, 0.2) is 0 Å². The van der Waals surface area contributed by atoms with Gasteiger partial charge in [-0.1, -0.05) is 6.07 Å².